The molecule has 0 aliphatic carbocycles. The van der Waals surface area contributed by atoms with Crippen molar-refractivity contribution in [3.8, 4) is 0 Å². The molecule has 0 atom stereocenters. The van der Waals surface area contributed by atoms with Gasteiger partial charge in [0.15, 0.2) is 0 Å². The van der Waals surface area contributed by atoms with Gasteiger partial charge in [-0.1, -0.05) is 19.8 Å². The molecule has 2 rings (SSSR count). The van der Waals surface area contributed by atoms with E-state index in [4.69, 9.17) is 0 Å². The molecular weight excluding hydrogens is 286 g/mol. The zero-order chi connectivity index (χ0) is 15.1. The van der Waals surface area contributed by atoms with Crippen molar-refractivity contribution in [2.24, 2.45) is 0 Å². The molecule has 2 amide bonds. The summed E-state index contributed by atoms with van der Waals surface area (Å²) < 4.78 is 0. The summed E-state index contributed by atoms with van der Waals surface area (Å²) in [6, 6.07) is 3.62. The van der Waals surface area contributed by atoms with E-state index < -0.39 is 11.8 Å². The second kappa shape index (κ2) is 8.02. The van der Waals surface area contributed by atoms with Crippen LogP contribution in [0.5, 0.6) is 0 Å². The molecule has 0 unspecified atom stereocenters. The van der Waals surface area contributed by atoms with Gasteiger partial charge in [0, 0.05) is 13.1 Å². The molecule has 0 saturated carbocycles. The summed E-state index contributed by atoms with van der Waals surface area (Å²) in [5.41, 5.74) is 0.559. The lowest BCUT2D eigenvalue weighted by Gasteiger charge is -2.19. The highest BCUT2D eigenvalue weighted by Crippen LogP contribution is 2.16. The van der Waals surface area contributed by atoms with Crippen LogP contribution in [0.15, 0.2) is 23.4 Å². The van der Waals surface area contributed by atoms with Gasteiger partial charge in [0.2, 0.25) is 0 Å². The van der Waals surface area contributed by atoms with Gasteiger partial charge in [0.1, 0.15) is 0 Å². The fourth-order valence-electron chi connectivity index (χ4n) is 2.29. The fraction of sp³-hybridized carbons (Fsp3) is 0.533. The van der Waals surface area contributed by atoms with E-state index in [0.29, 0.717) is 18.8 Å². The van der Waals surface area contributed by atoms with Gasteiger partial charge < -0.3 is 10.2 Å². The van der Waals surface area contributed by atoms with E-state index in [1.165, 1.54) is 0 Å². The van der Waals surface area contributed by atoms with Gasteiger partial charge in [-0.05, 0) is 30.7 Å². The number of pyridine rings is 1. The largest absolute Gasteiger partial charge is 0.334 e. The minimum absolute atomic E-state index is 0.441. The maximum Gasteiger partial charge on any atom is 0.313 e. The Kier molecular flexibility index (Phi) is 6.04. The molecule has 1 N–H and O–H groups in total. The molecule has 1 aliphatic rings. The van der Waals surface area contributed by atoms with E-state index in [1.54, 1.807) is 28.9 Å². The molecule has 1 aromatic heterocycles. The molecule has 0 aromatic carbocycles. The average Bonchev–Trinajstić information content (AvgIpc) is 2.78. The lowest BCUT2D eigenvalue weighted by molar-refractivity contribution is -0.143. The number of likely N-dealkylation sites (tertiary alicyclic amines) is 1. The normalized spacial score (nSPS) is 15.4. The average molecular weight is 307 g/mol. The molecular formula is C15H21N3O2S. The van der Waals surface area contributed by atoms with Gasteiger partial charge in [-0.15, -0.1) is 11.8 Å². The minimum Gasteiger partial charge on any atom is -0.334 e. The molecule has 114 valence electrons. The second-order valence-corrected chi connectivity index (χ2v) is 6.26. The molecule has 0 spiro atoms. The van der Waals surface area contributed by atoms with Gasteiger partial charge in [0.05, 0.1) is 16.9 Å². The van der Waals surface area contributed by atoms with Crippen LogP contribution in [0.2, 0.25) is 0 Å². The van der Waals surface area contributed by atoms with Crippen LogP contribution in [0.4, 0.5) is 5.69 Å². The third-order valence-corrected chi connectivity index (χ3v) is 4.20. The van der Waals surface area contributed by atoms with Gasteiger partial charge in [0.25, 0.3) is 0 Å². The van der Waals surface area contributed by atoms with E-state index >= 15 is 0 Å². The molecule has 2 heterocycles. The van der Waals surface area contributed by atoms with Crippen LogP contribution in [0.1, 0.15) is 32.6 Å². The molecule has 5 nitrogen and oxygen atoms in total. The number of nitrogens with zero attached hydrogens (tertiary/aromatic N) is 2. The van der Waals surface area contributed by atoms with Crippen LogP contribution in [0.3, 0.4) is 0 Å². The Bertz CT molecular complexity index is 482. The van der Waals surface area contributed by atoms with Gasteiger partial charge in [-0.3, -0.25) is 9.59 Å². The van der Waals surface area contributed by atoms with Crippen LogP contribution in [0, 0.1) is 0 Å². The maximum atomic E-state index is 12.1. The van der Waals surface area contributed by atoms with Gasteiger partial charge in [-0.25, -0.2) is 4.98 Å². The van der Waals surface area contributed by atoms with Gasteiger partial charge >= 0.3 is 11.8 Å². The van der Waals surface area contributed by atoms with Crippen LogP contribution in [0.25, 0.3) is 0 Å². The fourth-order valence-corrected chi connectivity index (χ4v) is 2.88. The van der Waals surface area contributed by atoms with Crippen molar-refractivity contribution in [1.29, 1.82) is 0 Å². The van der Waals surface area contributed by atoms with Crippen molar-refractivity contribution in [2.45, 2.75) is 37.6 Å². The number of rotatable bonds is 3. The number of carbonyl (C=O) groups is 2. The van der Waals surface area contributed by atoms with Crippen molar-refractivity contribution >= 4 is 29.3 Å². The zero-order valence-corrected chi connectivity index (χ0v) is 13.1. The predicted octanol–water partition coefficient (Wildman–Crippen LogP) is 2.53. The first-order valence-electron chi connectivity index (χ1n) is 7.40. The van der Waals surface area contributed by atoms with E-state index in [1.807, 2.05) is 6.07 Å². The van der Waals surface area contributed by atoms with E-state index in [0.717, 1.165) is 36.5 Å². The first kappa shape index (κ1) is 15.8. The number of aromatic nitrogens is 1. The van der Waals surface area contributed by atoms with E-state index in [2.05, 4.69) is 17.2 Å². The molecule has 1 aliphatic heterocycles. The number of amides is 2. The third kappa shape index (κ3) is 4.74. The minimum atomic E-state index is -0.574. The number of hydrogen-bond donors (Lipinski definition) is 1. The van der Waals surface area contributed by atoms with Crippen LogP contribution >= 0.6 is 11.8 Å². The number of nitrogens with one attached hydrogen (secondary N) is 1. The first-order chi connectivity index (χ1) is 10.2. The molecule has 6 heteroatoms. The maximum absolute atomic E-state index is 12.1. The third-order valence-electron chi connectivity index (χ3n) is 3.37. The lowest BCUT2D eigenvalue weighted by atomic mass is 10.2. The quantitative estimate of drug-likeness (QED) is 0.688. The Morgan fingerprint density at radius 1 is 1.24 bits per heavy atom. The highest BCUT2D eigenvalue weighted by molar-refractivity contribution is 7.99. The number of hydrogen-bond acceptors (Lipinski definition) is 4. The summed E-state index contributed by atoms with van der Waals surface area (Å²) in [7, 11) is 0. The lowest BCUT2D eigenvalue weighted by Crippen LogP contribution is -2.40. The molecule has 0 radical (unpaired) electrons. The summed E-state index contributed by atoms with van der Waals surface area (Å²) in [4.78, 5) is 30.0. The predicted molar refractivity (Wildman–Crippen MR) is 84.3 cm³/mol. The van der Waals surface area contributed by atoms with Crippen LogP contribution in [-0.4, -0.2) is 40.5 Å². The van der Waals surface area contributed by atoms with E-state index in [9.17, 15) is 9.59 Å². The molecule has 1 aromatic rings. The van der Waals surface area contributed by atoms with Crippen molar-refractivity contribution in [2.75, 3.05) is 24.2 Å². The number of thioether (sulfide) groups is 1. The highest BCUT2D eigenvalue weighted by Gasteiger charge is 2.22. The number of carbonyl (C=O) groups excluding carboxylic acids is 2. The van der Waals surface area contributed by atoms with Crippen molar-refractivity contribution in [3.05, 3.63) is 18.3 Å². The Hall–Kier alpha value is -1.56. The first-order valence-corrected chi connectivity index (χ1v) is 8.38. The summed E-state index contributed by atoms with van der Waals surface area (Å²) >= 11 is 1.64. The standard InChI is InChI=1S/C15H21N3O2S/c1-2-21-13-8-7-12(11-16-13)17-14(19)15(20)18-9-5-3-4-6-10-18/h7-8,11H,2-6,9-10H2,1H3,(H,17,19). The summed E-state index contributed by atoms with van der Waals surface area (Å²) in [5.74, 6) is -0.0647. The molecule has 0 bridgehead atoms. The monoisotopic (exact) mass is 307 g/mol. The summed E-state index contributed by atoms with van der Waals surface area (Å²) in [5, 5.41) is 3.54. The van der Waals surface area contributed by atoms with Gasteiger partial charge in [-0.2, -0.15) is 0 Å². The van der Waals surface area contributed by atoms with Crippen LogP contribution in [-0.2, 0) is 9.59 Å². The number of anilines is 1. The van der Waals surface area contributed by atoms with Crippen molar-refractivity contribution in [1.82, 2.24) is 9.88 Å². The SMILES string of the molecule is CCSc1ccc(NC(=O)C(=O)N2CCCCCC2)cn1. The summed E-state index contributed by atoms with van der Waals surface area (Å²) in [6.45, 7) is 3.41. The van der Waals surface area contributed by atoms with Crippen molar-refractivity contribution in [3.63, 3.8) is 0 Å². The Balaban J connectivity index is 1.91. The summed E-state index contributed by atoms with van der Waals surface area (Å²) in [6.07, 6.45) is 5.80. The highest BCUT2D eigenvalue weighted by atomic mass is 32.2. The molecule has 1 saturated heterocycles. The molecule has 21 heavy (non-hydrogen) atoms. The Labute approximate surface area is 129 Å². The smallest absolute Gasteiger partial charge is 0.313 e. The topological polar surface area (TPSA) is 62.3 Å². The Morgan fingerprint density at radius 2 is 1.95 bits per heavy atom. The zero-order valence-electron chi connectivity index (χ0n) is 12.3. The second-order valence-electron chi connectivity index (χ2n) is 4.98. The molecule has 1 fully saturated rings. The van der Waals surface area contributed by atoms with Crippen molar-refractivity contribution < 1.29 is 9.59 Å². The van der Waals surface area contributed by atoms with E-state index in [-0.39, 0.29) is 0 Å². The van der Waals surface area contributed by atoms with Crippen LogP contribution < -0.4 is 5.32 Å². The Morgan fingerprint density at radius 3 is 2.52 bits per heavy atom.